The van der Waals surface area contributed by atoms with E-state index < -0.39 is 0 Å². The smallest absolute Gasteiger partial charge is 0.238 e. The van der Waals surface area contributed by atoms with Gasteiger partial charge < -0.3 is 14.8 Å². The predicted molar refractivity (Wildman–Crippen MR) is 122 cm³/mol. The van der Waals surface area contributed by atoms with Gasteiger partial charge in [0.15, 0.2) is 0 Å². The summed E-state index contributed by atoms with van der Waals surface area (Å²) < 4.78 is 10.5. The summed E-state index contributed by atoms with van der Waals surface area (Å²) in [6, 6.07) is 13.6. The fraction of sp³-hybridized carbons (Fsp3) is 0.348. The van der Waals surface area contributed by atoms with Crippen molar-refractivity contribution in [2.24, 2.45) is 0 Å². The molecule has 1 aliphatic heterocycles. The van der Waals surface area contributed by atoms with E-state index >= 15 is 0 Å². The Bertz CT molecular complexity index is 865. The number of carbonyl (C=O) groups excluding carboxylic acids is 1. The van der Waals surface area contributed by atoms with E-state index in [9.17, 15) is 4.79 Å². The maximum Gasteiger partial charge on any atom is 0.238 e. The fourth-order valence-electron chi connectivity index (χ4n) is 3.38. The second kappa shape index (κ2) is 11.0. The van der Waals surface area contributed by atoms with Crippen LogP contribution in [0, 0.1) is 0 Å². The first-order valence-electron chi connectivity index (χ1n) is 9.96. The lowest BCUT2D eigenvalue weighted by Crippen LogP contribution is -2.48. The number of methoxy groups -OCH3 is 2. The highest BCUT2D eigenvalue weighted by Gasteiger charge is 2.19. The molecule has 0 aliphatic carbocycles. The molecule has 0 bridgehead atoms. The first-order valence-corrected chi connectivity index (χ1v) is 10.3. The average Bonchev–Trinajstić information content (AvgIpc) is 2.76. The Morgan fingerprint density at radius 2 is 1.70 bits per heavy atom. The molecule has 1 amide bonds. The molecule has 0 spiro atoms. The van der Waals surface area contributed by atoms with E-state index in [0.717, 1.165) is 32.7 Å². The van der Waals surface area contributed by atoms with Crippen molar-refractivity contribution in [2.75, 3.05) is 58.8 Å². The molecule has 1 N–H and O–H groups in total. The molecule has 1 heterocycles. The number of amides is 1. The molecule has 1 fully saturated rings. The van der Waals surface area contributed by atoms with Crippen LogP contribution in [-0.4, -0.2) is 69.2 Å². The lowest BCUT2D eigenvalue weighted by Gasteiger charge is -2.33. The minimum absolute atomic E-state index is 0.0908. The number of carbonyl (C=O) groups is 1. The number of anilines is 1. The molecule has 0 radical (unpaired) electrons. The van der Waals surface area contributed by atoms with Crippen LogP contribution in [0.25, 0.3) is 6.08 Å². The van der Waals surface area contributed by atoms with Gasteiger partial charge in [-0.3, -0.25) is 14.6 Å². The molecule has 6 nitrogen and oxygen atoms in total. The third kappa shape index (κ3) is 6.23. The first kappa shape index (κ1) is 22.2. The molecule has 1 saturated heterocycles. The first-order chi connectivity index (χ1) is 14.6. The minimum Gasteiger partial charge on any atom is -0.495 e. The Labute approximate surface area is 183 Å². The maximum absolute atomic E-state index is 12.5. The lowest BCUT2D eigenvalue weighted by molar-refractivity contribution is -0.117. The zero-order valence-electron chi connectivity index (χ0n) is 17.4. The van der Waals surface area contributed by atoms with E-state index in [2.05, 4.69) is 39.4 Å². The summed E-state index contributed by atoms with van der Waals surface area (Å²) in [6.45, 7) is 4.82. The fourth-order valence-corrected chi connectivity index (χ4v) is 3.62. The van der Waals surface area contributed by atoms with E-state index in [4.69, 9.17) is 21.1 Å². The summed E-state index contributed by atoms with van der Waals surface area (Å²) in [7, 11) is 3.08. The van der Waals surface area contributed by atoms with Gasteiger partial charge in [-0.2, -0.15) is 0 Å². The summed E-state index contributed by atoms with van der Waals surface area (Å²) in [4.78, 5) is 17.1. The molecular weight excluding hydrogens is 402 g/mol. The third-order valence-electron chi connectivity index (χ3n) is 5.05. The summed E-state index contributed by atoms with van der Waals surface area (Å²) in [5.74, 6) is 0.926. The van der Waals surface area contributed by atoms with Crippen LogP contribution in [0.2, 0.25) is 5.02 Å². The second-order valence-electron chi connectivity index (χ2n) is 7.13. The summed E-state index contributed by atoms with van der Waals surface area (Å²) in [6.07, 6.45) is 4.34. The highest BCUT2D eigenvalue weighted by atomic mass is 35.5. The van der Waals surface area contributed by atoms with Crippen LogP contribution < -0.4 is 14.8 Å². The van der Waals surface area contributed by atoms with Gasteiger partial charge in [0.2, 0.25) is 5.91 Å². The number of hydrogen-bond acceptors (Lipinski definition) is 5. The number of piperazine rings is 1. The molecule has 30 heavy (non-hydrogen) atoms. The number of hydrogen-bond donors (Lipinski definition) is 1. The zero-order valence-corrected chi connectivity index (χ0v) is 18.2. The van der Waals surface area contributed by atoms with Crippen molar-refractivity contribution < 1.29 is 14.3 Å². The van der Waals surface area contributed by atoms with E-state index in [-0.39, 0.29) is 5.91 Å². The van der Waals surface area contributed by atoms with Crippen molar-refractivity contribution in [1.82, 2.24) is 9.80 Å². The van der Waals surface area contributed by atoms with Crippen LogP contribution in [0.15, 0.2) is 48.5 Å². The topological polar surface area (TPSA) is 54.0 Å². The lowest BCUT2D eigenvalue weighted by atomic mass is 10.2. The van der Waals surface area contributed by atoms with Crippen LogP contribution in [0.3, 0.4) is 0 Å². The maximum atomic E-state index is 12.5. The number of nitrogens with zero attached hydrogens (tertiary/aromatic N) is 2. The number of ether oxygens (including phenoxy) is 2. The van der Waals surface area contributed by atoms with Crippen LogP contribution >= 0.6 is 11.6 Å². The zero-order chi connectivity index (χ0) is 21.3. The van der Waals surface area contributed by atoms with Crippen molar-refractivity contribution in [1.29, 1.82) is 0 Å². The number of nitrogens with one attached hydrogen (secondary N) is 1. The van der Waals surface area contributed by atoms with Gasteiger partial charge >= 0.3 is 0 Å². The molecule has 0 atom stereocenters. The van der Waals surface area contributed by atoms with E-state index in [1.54, 1.807) is 19.2 Å². The Morgan fingerprint density at radius 3 is 2.37 bits per heavy atom. The number of halogens is 1. The van der Waals surface area contributed by atoms with Crippen molar-refractivity contribution in [2.45, 2.75) is 0 Å². The Hall–Kier alpha value is -2.54. The SMILES string of the molecule is COc1cc(OC)c(NC(=O)CN2CCN(C/C=C/c3ccccc3)CC2)cc1Cl. The van der Waals surface area contributed by atoms with Crippen LogP contribution in [0.1, 0.15) is 5.56 Å². The minimum atomic E-state index is -0.0908. The molecule has 0 saturated carbocycles. The summed E-state index contributed by atoms with van der Waals surface area (Å²) in [5, 5.41) is 3.32. The molecule has 0 unspecified atom stereocenters. The Morgan fingerprint density at radius 1 is 1.03 bits per heavy atom. The molecule has 7 heteroatoms. The monoisotopic (exact) mass is 429 g/mol. The highest BCUT2D eigenvalue weighted by molar-refractivity contribution is 6.32. The summed E-state index contributed by atoms with van der Waals surface area (Å²) >= 11 is 6.18. The Balaban J connectivity index is 1.45. The van der Waals surface area contributed by atoms with Crippen molar-refractivity contribution in [3.63, 3.8) is 0 Å². The average molecular weight is 430 g/mol. The largest absolute Gasteiger partial charge is 0.495 e. The van der Waals surface area contributed by atoms with Gasteiger partial charge in [0.05, 0.1) is 31.5 Å². The van der Waals surface area contributed by atoms with E-state index in [1.165, 1.54) is 12.7 Å². The van der Waals surface area contributed by atoms with Crippen molar-refractivity contribution in [3.8, 4) is 11.5 Å². The second-order valence-corrected chi connectivity index (χ2v) is 7.53. The number of benzene rings is 2. The molecule has 2 aromatic carbocycles. The van der Waals surface area contributed by atoms with Gasteiger partial charge in [-0.1, -0.05) is 54.1 Å². The Kier molecular flexibility index (Phi) is 8.13. The van der Waals surface area contributed by atoms with Gasteiger partial charge in [-0.15, -0.1) is 0 Å². The third-order valence-corrected chi connectivity index (χ3v) is 5.35. The van der Waals surface area contributed by atoms with E-state index in [0.29, 0.717) is 28.8 Å². The van der Waals surface area contributed by atoms with Crippen LogP contribution in [0.4, 0.5) is 5.69 Å². The molecule has 2 aromatic rings. The van der Waals surface area contributed by atoms with Crippen LogP contribution in [-0.2, 0) is 4.79 Å². The normalized spacial score (nSPS) is 15.3. The molecular formula is C23H28ClN3O3. The number of rotatable bonds is 8. The molecule has 3 rings (SSSR count). The van der Waals surface area contributed by atoms with Crippen molar-refractivity contribution >= 4 is 29.3 Å². The van der Waals surface area contributed by atoms with Gasteiger partial charge in [0, 0.05) is 38.8 Å². The van der Waals surface area contributed by atoms with Gasteiger partial charge in [-0.05, 0) is 11.6 Å². The van der Waals surface area contributed by atoms with Gasteiger partial charge in [0.25, 0.3) is 0 Å². The summed E-state index contributed by atoms with van der Waals surface area (Å²) in [5.41, 5.74) is 1.75. The quantitative estimate of drug-likeness (QED) is 0.694. The molecule has 0 aromatic heterocycles. The van der Waals surface area contributed by atoms with Gasteiger partial charge in [-0.25, -0.2) is 0 Å². The standard InChI is InChI=1S/C23H28ClN3O3/c1-29-21-16-22(30-2)20(15-19(21)24)25-23(28)17-27-13-11-26(12-14-27)10-6-9-18-7-4-3-5-8-18/h3-9,15-16H,10-14,17H2,1-2H3,(H,25,28)/b9-6+. The predicted octanol–water partition coefficient (Wildman–Crippen LogP) is 3.63. The molecule has 160 valence electrons. The van der Waals surface area contributed by atoms with Gasteiger partial charge in [0.1, 0.15) is 11.5 Å². The highest BCUT2D eigenvalue weighted by Crippen LogP contribution is 2.35. The molecule has 1 aliphatic rings. The van der Waals surface area contributed by atoms with E-state index in [1.807, 2.05) is 18.2 Å². The van der Waals surface area contributed by atoms with Crippen LogP contribution in [0.5, 0.6) is 11.5 Å². The van der Waals surface area contributed by atoms with Crippen molar-refractivity contribution in [3.05, 3.63) is 59.1 Å².